The molecule has 116 valence electrons. The van der Waals surface area contributed by atoms with E-state index in [-0.39, 0.29) is 0 Å². The molecular formula is C17H32N2O. The van der Waals surface area contributed by atoms with Crippen LogP contribution in [0.25, 0.3) is 0 Å². The molecule has 2 aliphatic heterocycles. The van der Waals surface area contributed by atoms with Gasteiger partial charge in [-0.15, -0.1) is 0 Å². The van der Waals surface area contributed by atoms with E-state index in [0.29, 0.717) is 17.6 Å². The van der Waals surface area contributed by atoms with E-state index in [1.165, 1.54) is 58.0 Å². The summed E-state index contributed by atoms with van der Waals surface area (Å²) >= 11 is 0. The van der Waals surface area contributed by atoms with Gasteiger partial charge < -0.3 is 10.1 Å². The standard InChI is InChI=1S/C17H32N2O/c1-3-14(2)16-11-18-17(8-5-4-6-9-17)13-19(16)15-7-10-20-12-15/h14-16,18H,3-13H2,1-2H3. The van der Waals surface area contributed by atoms with Crippen LogP contribution in [-0.2, 0) is 4.74 Å². The van der Waals surface area contributed by atoms with Gasteiger partial charge in [-0.1, -0.05) is 39.5 Å². The van der Waals surface area contributed by atoms with E-state index in [0.717, 1.165) is 19.1 Å². The van der Waals surface area contributed by atoms with Gasteiger partial charge in [-0.25, -0.2) is 0 Å². The molecule has 20 heavy (non-hydrogen) atoms. The van der Waals surface area contributed by atoms with Gasteiger partial charge in [0.05, 0.1) is 6.61 Å². The Kier molecular flexibility index (Phi) is 4.68. The quantitative estimate of drug-likeness (QED) is 0.860. The zero-order valence-electron chi connectivity index (χ0n) is 13.4. The van der Waals surface area contributed by atoms with Gasteiger partial charge in [-0.3, -0.25) is 4.90 Å². The number of nitrogens with zero attached hydrogens (tertiary/aromatic N) is 1. The van der Waals surface area contributed by atoms with Crippen LogP contribution >= 0.6 is 0 Å². The lowest BCUT2D eigenvalue weighted by atomic mass is 9.77. The SMILES string of the molecule is CCC(C)C1CNC2(CCCCC2)CN1C1CCOC1. The first-order chi connectivity index (χ1) is 9.74. The summed E-state index contributed by atoms with van der Waals surface area (Å²) in [5.74, 6) is 0.782. The molecule has 0 aromatic carbocycles. The predicted octanol–water partition coefficient (Wildman–Crippen LogP) is 2.80. The molecule has 3 aliphatic rings. The van der Waals surface area contributed by atoms with E-state index in [4.69, 9.17) is 4.74 Å². The van der Waals surface area contributed by atoms with Crippen molar-refractivity contribution in [1.82, 2.24) is 10.2 Å². The van der Waals surface area contributed by atoms with Gasteiger partial charge in [0.2, 0.25) is 0 Å². The van der Waals surface area contributed by atoms with Crippen LogP contribution in [0, 0.1) is 5.92 Å². The van der Waals surface area contributed by atoms with E-state index in [9.17, 15) is 0 Å². The van der Waals surface area contributed by atoms with Crippen molar-refractivity contribution in [2.45, 2.75) is 76.4 Å². The Labute approximate surface area is 124 Å². The number of nitrogens with one attached hydrogen (secondary N) is 1. The largest absolute Gasteiger partial charge is 0.380 e. The molecule has 0 radical (unpaired) electrons. The second kappa shape index (κ2) is 6.33. The smallest absolute Gasteiger partial charge is 0.0622 e. The van der Waals surface area contributed by atoms with Crippen molar-refractivity contribution in [2.75, 3.05) is 26.3 Å². The molecule has 2 heterocycles. The molecule has 0 aromatic heterocycles. The van der Waals surface area contributed by atoms with Crippen LogP contribution in [-0.4, -0.2) is 48.8 Å². The molecule has 0 amide bonds. The van der Waals surface area contributed by atoms with E-state index in [1.807, 2.05) is 0 Å². The molecule has 3 unspecified atom stereocenters. The van der Waals surface area contributed by atoms with Gasteiger partial charge in [0.25, 0.3) is 0 Å². The third kappa shape index (κ3) is 2.90. The summed E-state index contributed by atoms with van der Waals surface area (Å²) in [6, 6.07) is 1.38. The van der Waals surface area contributed by atoms with Crippen molar-refractivity contribution in [3.63, 3.8) is 0 Å². The van der Waals surface area contributed by atoms with Gasteiger partial charge >= 0.3 is 0 Å². The van der Waals surface area contributed by atoms with Crippen LogP contribution in [0.4, 0.5) is 0 Å². The number of ether oxygens (including phenoxy) is 1. The molecule has 3 heteroatoms. The molecule has 3 rings (SSSR count). The first kappa shape index (κ1) is 14.8. The first-order valence-electron chi connectivity index (χ1n) is 8.82. The third-order valence-corrected chi connectivity index (χ3v) is 6.08. The summed E-state index contributed by atoms with van der Waals surface area (Å²) in [6.45, 7) is 9.13. The van der Waals surface area contributed by atoms with Crippen molar-refractivity contribution >= 4 is 0 Å². The van der Waals surface area contributed by atoms with Gasteiger partial charge in [0.15, 0.2) is 0 Å². The Bertz CT molecular complexity index is 308. The number of hydrogen-bond donors (Lipinski definition) is 1. The Morgan fingerprint density at radius 2 is 2.10 bits per heavy atom. The minimum absolute atomic E-state index is 0.421. The lowest BCUT2D eigenvalue weighted by Crippen LogP contribution is -2.68. The van der Waals surface area contributed by atoms with E-state index < -0.39 is 0 Å². The second-order valence-corrected chi connectivity index (χ2v) is 7.36. The number of hydrogen-bond acceptors (Lipinski definition) is 3. The van der Waals surface area contributed by atoms with Gasteiger partial charge in [-0.05, 0) is 25.2 Å². The molecule has 0 aromatic rings. The Morgan fingerprint density at radius 3 is 2.75 bits per heavy atom. The van der Waals surface area contributed by atoms with Crippen LogP contribution in [0.3, 0.4) is 0 Å². The molecule has 3 fully saturated rings. The summed E-state index contributed by atoms with van der Waals surface area (Å²) in [7, 11) is 0. The fourth-order valence-corrected chi connectivity index (χ4v) is 4.51. The molecule has 3 nitrogen and oxygen atoms in total. The molecule has 3 atom stereocenters. The van der Waals surface area contributed by atoms with Crippen molar-refractivity contribution in [1.29, 1.82) is 0 Å². The average Bonchev–Trinajstić information content (AvgIpc) is 3.01. The second-order valence-electron chi connectivity index (χ2n) is 7.36. The highest BCUT2D eigenvalue weighted by molar-refractivity contribution is 5.02. The van der Waals surface area contributed by atoms with Crippen LogP contribution in [0.2, 0.25) is 0 Å². The zero-order valence-corrected chi connectivity index (χ0v) is 13.4. The summed E-state index contributed by atoms with van der Waals surface area (Å²) in [6.07, 6.45) is 9.54. The van der Waals surface area contributed by atoms with E-state index in [2.05, 4.69) is 24.1 Å². The minimum Gasteiger partial charge on any atom is -0.380 e. The van der Waals surface area contributed by atoms with Crippen LogP contribution in [0.15, 0.2) is 0 Å². The van der Waals surface area contributed by atoms with Gasteiger partial charge in [0.1, 0.15) is 0 Å². The minimum atomic E-state index is 0.421. The fraction of sp³-hybridized carbons (Fsp3) is 1.00. The van der Waals surface area contributed by atoms with E-state index in [1.54, 1.807) is 0 Å². The van der Waals surface area contributed by atoms with Crippen LogP contribution < -0.4 is 5.32 Å². The maximum Gasteiger partial charge on any atom is 0.0622 e. The zero-order chi connectivity index (χ0) is 14.0. The molecule has 1 aliphatic carbocycles. The molecular weight excluding hydrogens is 248 g/mol. The summed E-state index contributed by atoms with van der Waals surface area (Å²) in [5, 5.41) is 3.97. The molecule has 1 spiro atoms. The van der Waals surface area contributed by atoms with Gasteiger partial charge in [-0.2, -0.15) is 0 Å². The van der Waals surface area contributed by atoms with Crippen molar-refractivity contribution in [2.24, 2.45) is 5.92 Å². The normalized spacial score (nSPS) is 36.3. The Balaban J connectivity index is 1.74. The highest BCUT2D eigenvalue weighted by atomic mass is 16.5. The van der Waals surface area contributed by atoms with Crippen molar-refractivity contribution in [3.8, 4) is 0 Å². The monoisotopic (exact) mass is 280 g/mol. The fourth-order valence-electron chi connectivity index (χ4n) is 4.51. The number of piperazine rings is 1. The highest BCUT2D eigenvalue weighted by Gasteiger charge is 2.43. The lowest BCUT2D eigenvalue weighted by Gasteiger charge is -2.53. The summed E-state index contributed by atoms with van der Waals surface area (Å²) in [4.78, 5) is 2.84. The third-order valence-electron chi connectivity index (χ3n) is 6.08. The first-order valence-corrected chi connectivity index (χ1v) is 8.82. The van der Waals surface area contributed by atoms with Gasteiger partial charge in [0, 0.05) is 37.3 Å². The maximum absolute atomic E-state index is 5.69. The van der Waals surface area contributed by atoms with E-state index >= 15 is 0 Å². The maximum atomic E-state index is 5.69. The molecule has 2 saturated heterocycles. The number of rotatable bonds is 3. The van der Waals surface area contributed by atoms with Crippen LogP contribution in [0.5, 0.6) is 0 Å². The van der Waals surface area contributed by atoms with Crippen LogP contribution in [0.1, 0.15) is 58.8 Å². The van der Waals surface area contributed by atoms with Crippen molar-refractivity contribution < 1.29 is 4.74 Å². The molecule has 1 N–H and O–H groups in total. The lowest BCUT2D eigenvalue weighted by molar-refractivity contribution is -0.000459. The summed E-state index contributed by atoms with van der Waals surface area (Å²) < 4.78 is 5.69. The summed E-state index contributed by atoms with van der Waals surface area (Å²) in [5.41, 5.74) is 0.421. The average molecular weight is 280 g/mol. The van der Waals surface area contributed by atoms with Crippen molar-refractivity contribution in [3.05, 3.63) is 0 Å². The Morgan fingerprint density at radius 1 is 1.30 bits per heavy atom. The molecule has 1 saturated carbocycles. The predicted molar refractivity (Wildman–Crippen MR) is 83.0 cm³/mol. The highest BCUT2D eigenvalue weighted by Crippen LogP contribution is 2.35. The molecule has 0 bridgehead atoms. The Hall–Kier alpha value is -0.120. The topological polar surface area (TPSA) is 24.5 Å².